The number of hydrogen-bond donors (Lipinski definition) is 1. The minimum atomic E-state index is -4.90. The van der Waals surface area contributed by atoms with Gasteiger partial charge in [-0.2, -0.15) is 13.2 Å². The van der Waals surface area contributed by atoms with Gasteiger partial charge in [0.05, 0.1) is 0 Å². The van der Waals surface area contributed by atoms with Crippen LogP contribution in [0.5, 0.6) is 5.75 Å². The topological polar surface area (TPSA) is 46.5 Å². The van der Waals surface area contributed by atoms with Gasteiger partial charge in [0.25, 0.3) is 0 Å². The molecule has 1 unspecified atom stereocenters. The van der Waals surface area contributed by atoms with Gasteiger partial charge in [0, 0.05) is 12.6 Å². The summed E-state index contributed by atoms with van der Waals surface area (Å²) in [5.74, 6) is -0.0248. The molecule has 2 aromatic carbocycles. The molecule has 0 aliphatic heterocycles. The average molecular weight is 429 g/mol. The quantitative estimate of drug-likeness (QED) is 0.595. The highest BCUT2D eigenvalue weighted by molar-refractivity contribution is 5.86. The van der Waals surface area contributed by atoms with Gasteiger partial charge < -0.3 is 9.84 Å². The molecule has 2 aromatic rings. The first-order valence-corrected chi connectivity index (χ1v) is 10.2. The molecule has 0 aromatic heterocycles. The van der Waals surface area contributed by atoms with Crippen LogP contribution < -0.4 is 4.74 Å². The standard InChI is InChI=1S/C20H19F3O3.2C2H6.H2/c1-10(24)9-26-18-12(3)11(2)16-14-7-5-6-8-15(14)19(25,20(21,22)23)17(16)13(18)4;2*1-2;/h5-8,25H,9H2,1-4H3;2*1-2H3;1H/i;;;1+2. The Morgan fingerprint density at radius 3 is 2.07 bits per heavy atom. The number of benzene rings is 2. The highest BCUT2D eigenvalue weighted by Crippen LogP contribution is 2.58. The Kier molecular flexibility index (Phi) is 8.26. The molecule has 0 bridgehead atoms. The molecule has 0 saturated carbocycles. The van der Waals surface area contributed by atoms with Crippen molar-refractivity contribution in [3.05, 3.63) is 52.1 Å². The van der Waals surface area contributed by atoms with Crippen LogP contribution in [0.2, 0.25) is 0 Å². The maximum atomic E-state index is 14.0. The third kappa shape index (κ3) is 3.97. The van der Waals surface area contributed by atoms with Crippen molar-refractivity contribution in [2.75, 3.05) is 6.61 Å². The molecule has 168 valence electrons. The highest BCUT2D eigenvalue weighted by Gasteiger charge is 2.62. The number of fused-ring (bicyclic) bond motifs is 3. The number of carbonyl (C=O) groups excluding carboxylic acids is 1. The van der Waals surface area contributed by atoms with Crippen molar-refractivity contribution in [2.45, 2.75) is 67.2 Å². The zero-order valence-corrected chi connectivity index (χ0v) is 18.9. The lowest BCUT2D eigenvalue weighted by Gasteiger charge is -2.30. The third-order valence-corrected chi connectivity index (χ3v) is 5.02. The van der Waals surface area contributed by atoms with E-state index < -0.39 is 11.8 Å². The van der Waals surface area contributed by atoms with E-state index in [1.165, 1.54) is 26.0 Å². The van der Waals surface area contributed by atoms with Crippen LogP contribution >= 0.6 is 0 Å². The molecule has 0 heterocycles. The lowest BCUT2D eigenvalue weighted by Crippen LogP contribution is -2.42. The van der Waals surface area contributed by atoms with Gasteiger partial charge in [-0.1, -0.05) is 52.0 Å². The number of hydrogen-bond acceptors (Lipinski definition) is 3. The van der Waals surface area contributed by atoms with Crippen LogP contribution in [-0.2, 0) is 10.4 Å². The van der Waals surface area contributed by atoms with Gasteiger partial charge in [-0.05, 0) is 55.5 Å². The smallest absolute Gasteiger partial charge is 0.425 e. The van der Waals surface area contributed by atoms with Crippen LogP contribution in [0.25, 0.3) is 11.1 Å². The van der Waals surface area contributed by atoms with E-state index >= 15 is 0 Å². The molecule has 1 atom stereocenters. The van der Waals surface area contributed by atoms with E-state index in [2.05, 4.69) is 0 Å². The fourth-order valence-electron chi connectivity index (χ4n) is 3.75. The van der Waals surface area contributed by atoms with Crippen LogP contribution in [-0.4, -0.2) is 23.7 Å². The summed E-state index contributed by atoms with van der Waals surface area (Å²) in [5.41, 5.74) is -1.32. The number of Topliss-reactive ketones (excluding diaryl/α,β-unsaturated/α-hetero) is 1. The summed E-state index contributed by atoms with van der Waals surface area (Å²) < 4.78 is 47.6. The van der Waals surface area contributed by atoms with E-state index in [1.807, 2.05) is 27.7 Å². The first-order valence-electron chi connectivity index (χ1n) is 10.2. The fraction of sp³-hybridized carbons (Fsp3) is 0.458. The van der Waals surface area contributed by atoms with Gasteiger partial charge in [-0.25, -0.2) is 0 Å². The van der Waals surface area contributed by atoms with E-state index in [9.17, 15) is 23.1 Å². The number of ether oxygens (including phenoxy) is 1. The molecule has 30 heavy (non-hydrogen) atoms. The number of aliphatic hydroxyl groups is 1. The summed E-state index contributed by atoms with van der Waals surface area (Å²) in [6.07, 6.45) is -4.90. The van der Waals surface area contributed by atoms with Crippen LogP contribution in [0.1, 0.15) is 63.9 Å². The Labute approximate surface area is 178 Å². The number of carbonyl (C=O) groups is 1. The molecule has 0 radical (unpaired) electrons. The van der Waals surface area contributed by atoms with Crippen molar-refractivity contribution in [3.63, 3.8) is 0 Å². The second-order valence-electron chi connectivity index (χ2n) is 6.70. The normalized spacial score (nSPS) is 16.4. The number of halogens is 3. The van der Waals surface area contributed by atoms with Crippen LogP contribution in [0.4, 0.5) is 13.2 Å². The third-order valence-electron chi connectivity index (χ3n) is 5.02. The summed E-state index contributed by atoms with van der Waals surface area (Å²) >= 11 is 0. The molecule has 3 rings (SSSR count). The molecule has 0 saturated heterocycles. The van der Waals surface area contributed by atoms with Crippen molar-refractivity contribution in [2.24, 2.45) is 0 Å². The zero-order chi connectivity index (χ0) is 23.4. The maximum absolute atomic E-state index is 14.0. The first kappa shape index (κ1) is 25.7. The number of alkyl halides is 3. The van der Waals surface area contributed by atoms with Crippen molar-refractivity contribution in [3.8, 4) is 16.9 Å². The van der Waals surface area contributed by atoms with Crippen LogP contribution in [0.3, 0.4) is 0 Å². The molecule has 1 aliphatic rings. The van der Waals surface area contributed by atoms with Gasteiger partial charge in [0.2, 0.25) is 5.60 Å². The van der Waals surface area contributed by atoms with E-state index in [-0.39, 0.29) is 36.3 Å². The van der Waals surface area contributed by atoms with Gasteiger partial charge in [0.15, 0.2) is 5.78 Å². The molecule has 6 heteroatoms. The van der Waals surface area contributed by atoms with Crippen molar-refractivity contribution < 1.29 is 29.2 Å². The molecule has 0 fully saturated rings. The van der Waals surface area contributed by atoms with E-state index in [0.29, 0.717) is 22.3 Å². The van der Waals surface area contributed by atoms with Crippen molar-refractivity contribution >= 4 is 5.78 Å². The summed E-state index contributed by atoms with van der Waals surface area (Å²) in [7, 11) is 0. The predicted molar refractivity (Wildman–Crippen MR) is 116 cm³/mol. The van der Waals surface area contributed by atoms with E-state index in [0.717, 1.165) is 0 Å². The minimum absolute atomic E-state index is 0. The van der Waals surface area contributed by atoms with E-state index in [1.54, 1.807) is 26.0 Å². The number of rotatable bonds is 3. The molecule has 1 aliphatic carbocycles. The molecule has 1 N–H and O–H groups in total. The molecule has 0 amide bonds. The van der Waals surface area contributed by atoms with Gasteiger partial charge in [0.1, 0.15) is 12.4 Å². The van der Waals surface area contributed by atoms with E-state index in [4.69, 9.17) is 4.74 Å². The molecular weight excluding hydrogens is 393 g/mol. The van der Waals surface area contributed by atoms with Crippen molar-refractivity contribution in [1.82, 2.24) is 0 Å². The summed E-state index contributed by atoms with van der Waals surface area (Å²) in [4.78, 5) is 11.3. The summed E-state index contributed by atoms with van der Waals surface area (Å²) in [6, 6.07) is 6.01. The second-order valence-corrected chi connectivity index (χ2v) is 6.70. The Morgan fingerprint density at radius 2 is 1.57 bits per heavy atom. The SMILES string of the molecule is CC.CC.CC(=O)COc1c(C)c(C)c2c(c1C)C(O)(C(F)(F)F)c1ccccc1-2.[3HH]. The first-order chi connectivity index (χ1) is 14.0. The lowest BCUT2D eigenvalue weighted by atomic mass is 9.85. The van der Waals surface area contributed by atoms with Gasteiger partial charge >= 0.3 is 6.18 Å². The van der Waals surface area contributed by atoms with Crippen LogP contribution in [0.15, 0.2) is 24.3 Å². The van der Waals surface area contributed by atoms with Gasteiger partial charge in [-0.15, -0.1) is 0 Å². The monoisotopic (exact) mass is 428 g/mol. The fourth-order valence-corrected chi connectivity index (χ4v) is 3.75. The Hall–Kier alpha value is -2.34. The summed E-state index contributed by atoms with van der Waals surface area (Å²) in [6.45, 7) is 14.0. The molecular formula is C24H33F3O3. The lowest BCUT2D eigenvalue weighted by molar-refractivity contribution is -0.247. The molecule has 0 spiro atoms. The highest BCUT2D eigenvalue weighted by atomic mass is 19.4. The Bertz CT molecular complexity index is 923. The molecule has 3 nitrogen and oxygen atoms in total. The van der Waals surface area contributed by atoms with Gasteiger partial charge in [-0.3, -0.25) is 4.79 Å². The number of ketones is 1. The largest absolute Gasteiger partial charge is 0.485 e. The minimum Gasteiger partial charge on any atom is -0.485 e. The zero-order valence-electron chi connectivity index (χ0n) is 18.9. The summed E-state index contributed by atoms with van der Waals surface area (Å²) in [5, 5.41) is 10.9. The van der Waals surface area contributed by atoms with Crippen LogP contribution in [0, 0.1) is 20.8 Å². The second kappa shape index (κ2) is 9.65. The van der Waals surface area contributed by atoms with Crippen molar-refractivity contribution in [1.29, 1.82) is 0 Å². The average Bonchev–Trinajstić information content (AvgIpc) is 3.00. The Morgan fingerprint density at radius 1 is 1.03 bits per heavy atom. The maximum Gasteiger partial charge on any atom is 0.425 e. The predicted octanol–water partition coefficient (Wildman–Crippen LogP) is 6.66. The Balaban J connectivity index is 0.00000170.